The van der Waals surface area contributed by atoms with Crippen molar-refractivity contribution in [1.82, 2.24) is 10.3 Å². The largest absolute Gasteiger partial charge is 0.481 e. The van der Waals surface area contributed by atoms with Gasteiger partial charge in [0, 0.05) is 12.1 Å². The molecule has 2 rings (SSSR count). The number of hydrogen-bond acceptors (Lipinski definition) is 4. The fourth-order valence-corrected chi connectivity index (χ4v) is 1.86. The summed E-state index contributed by atoms with van der Waals surface area (Å²) in [6.45, 7) is 2.43. The summed E-state index contributed by atoms with van der Waals surface area (Å²) in [6, 6.07) is 6.23. The highest BCUT2D eigenvalue weighted by molar-refractivity contribution is 5.14. The summed E-state index contributed by atoms with van der Waals surface area (Å²) in [6.07, 6.45) is 2.47. The van der Waals surface area contributed by atoms with E-state index in [9.17, 15) is 0 Å². The van der Waals surface area contributed by atoms with Crippen LogP contribution < -0.4 is 10.1 Å². The Balaban J connectivity index is 1.75. The second kappa shape index (κ2) is 5.82. The average Bonchev–Trinajstić information content (AvgIpc) is 2.82. The lowest BCUT2D eigenvalue weighted by Gasteiger charge is -2.10. The molecule has 1 aliphatic heterocycles. The molecule has 4 heteroatoms. The zero-order chi connectivity index (χ0) is 11.2. The van der Waals surface area contributed by atoms with Crippen LogP contribution in [0.1, 0.15) is 18.5 Å². The minimum absolute atomic E-state index is 0.519. The second-order valence-electron chi connectivity index (χ2n) is 3.98. The van der Waals surface area contributed by atoms with Crippen molar-refractivity contribution in [2.24, 2.45) is 0 Å². The van der Waals surface area contributed by atoms with Crippen LogP contribution >= 0.6 is 0 Å². The van der Waals surface area contributed by atoms with E-state index in [1.807, 2.05) is 18.2 Å². The number of rotatable bonds is 5. The SMILES string of the molecule is COc1cccc(COCC2CCCN2)n1. The first-order chi connectivity index (χ1) is 7.88. The quantitative estimate of drug-likeness (QED) is 0.817. The molecule has 4 nitrogen and oxygen atoms in total. The lowest BCUT2D eigenvalue weighted by molar-refractivity contribution is 0.101. The molecule has 0 amide bonds. The van der Waals surface area contributed by atoms with Crippen LogP contribution in [-0.2, 0) is 11.3 Å². The Kier molecular flexibility index (Phi) is 4.13. The molecular weight excluding hydrogens is 204 g/mol. The smallest absolute Gasteiger partial charge is 0.213 e. The zero-order valence-corrected chi connectivity index (χ0v) is 9.61. The molecular formula is C12H18N2O2. The van der Waals surface area contributed by atoms with Crippen molar-refractivity contribution in [2.45, 2.75) is 25.5 Å². The second-order valence-corrected chi connectivity index (χ2v) is 3.98. The molecule has 0 radical (unpaired) electrons. The van der Waals surface area contributed by atoms with Gasteiger partial charge in [0.25, 0.3) is 0 Å². The van der Waals surface area contributed by atoms with Gasteiger partial charge in [-0.2, -0.15) is 0 Å². The first-order valence-corrected chi connectivity index (χ1v) is 5.69. The Morgan fingerprint density at radius 3 is 3.19 bits per heavy atom. The Morgan fingerprint density at radius 2 is 2.44 bits per heavy atom. The minimum atomic E-state index is 0.519. The molecule has 1 atom stereocenters. The summed E-state index contributed by atoms with van der Waals surface area (Å²) in [7, 11) is 1.62. The fraction of sp³-hybridized carbons (Fsp3) is 0.583. The molecule has 16 heavy (non-hydrogen) atoms. The highest BCUT2D eigenvalue weighted by Crippen LogP contribution is 2.09. The van der Waals surface area contributed by atoms with Crippen LogP contribution in [0.3, 0.4) is 0 Å². The number of hydrogen-bond donors (Lipinski definition) is 1. The molecule has 1 aliphatic rings. The Morgan fingerprint density at radius 1 is 1.50 bits per heavy atom. The molecule has 1 saturated heterocycles. The molecule has 1 unspecified atom stereocenters. The fourth-order valence-electron chi connectivity index (χ4n) is 1.86. The van der Waals surface area contributed by atoms with Gasteiger partial charge in [0.2, 0.25) is 5.88 Å². The van der Waals surface area contributed by atoms with Gasteiger partial charge in [-0.05, 0) is 25.5 Å². The van der Waals surface area contributed by atoms with Gasteiger partial charge >= 0.3 is 0 Å². The van der Waals surface area contributed by atoms with Crippen LogP contribution in [0.2, 0.25) is 0 Å². The summed E-state index contributed by atoms with van der Waals surface area (Å²) in [4.78, 5) is 4.29. The summed E-state index contributed by atoms with van der Waals surface area (Å²) in [5, 5.41) is 3.40. The minimum Gasteiger partial charge on any atom is -0.481 e. The molecule has 1 aromatic heterocycles. The van der Waals surface area contributed by atoms with Gasteiger partial charge < -0.3 is 14.8 Å². The third-order valence-corrected chi connectivity index (χ3v) is 2.72. The number of pyridine rings is 1. The maximum Gasteiger partial charge on any atom is 0.213 e. The molecule has 0 aromatic carbocycles. The van der Waals surface area contributed by atoms with Gasteiger partial charge in [0.1, 0.15) is 0 Å². The number of aromatic nitrogens is 1. The van der Waals surface area contributed by atoms with Crippen molar-refractivity contribution >= 4 is 0 Å². The van der Waals surface area contributed by atoms with Gasteiger partial charge in [-0.3, -0.25) is 0 Å². The normalized spacial score (nSPS) is 19.9. The highest BCUT2D eigenvalue weighted by atomic mass is 16.5. The van der Waals surface area contributed by atoms with Gasteiger partial charge in [-0.25, -0.2) is 4.98 Å². The van der Waals surface area contributed by atoms with E-state index < -0.39 is 0 Å². The van der Waals surface area contributed by atoms with Crippen LogP contribution in [0.25, 0.3) is 0 Å². The Hall–Kier alpha value is -1.13. The standard InChI is InChI=1S/C12H18N2O2/c1-15-12-6-2-4-11(14-12)9-16-8-10-5-3-7-13-10/h2,4,6,10,13H,3,5,7-9H2,1H3. The lowest BCUT2D eigenvalue weighted by Crippen LogP contribution is -2.26. The zero-order valence-electron chi connectivity index (χ0n) is 9.61. The van der Waals surface area contributed by atoms with Crippen LogP contribution in [0.15, 0.2) is 18.2 Å². The van der Waals surface area contributed by atoms with E-state index in [0.29, 0.717) is 18.5 Å². The van der Waals surface area contributed by atoms with Crippen LogP contribution in [0, 0.1) is 0 Å². The maximum atomic E-state index is 5.62. The average molecular weight is 222 g/mol. The molecule has 1 aromatic rings. The van der Waals surface area contributed by atoms with E-state index in [0.717, 1.165) is 18.8 Å². The van der Waals surface area contributed by atoms with Crippen molar-refractivity contribution < 1.29 is 9.47 Å². The Bertz CT molecular complexity index is 325. The maximum absolute atomic E-state index is 5.62. The highest BCUT2D eigenvalue weighted by Gasteiger charge is 2.13. The summed E-state index contributed by atoms with van der Waals surface area (Å²) >= 11 is 0. The molecule has 1 N–H and O–H groups in total. The summed E-state index contributed by atoms with van der Waals surface area (Å²) in [5.74, 6) is 0.639. The molecule has 88 valence electrons. The van der Waals surface area contributed by atoms with E-state index in [1.165, 1.54) is 12.8 Å². The van der Waals surface area contributed by atoms with E-state index >= 15 is 0 Å². The van der Waals surface area contributed by atoms with Gasteiger partial charge in [0.05, 0.1) is 26.0 Å². The van der Waals surface area contributed by atoms with E-state index in [1.54, 1.807) is 7.11 Å². The summed E-state index contributed by atoms with van der Waals surface area (Å²) in [5.41, 5.74) is 0.914. The van der Waals surface area contributed by atoms with Gasteiger partial charge in [-0.1, -0.05) is 6.07 Å². The van der Waals surface area contributed by atoms with Crippen molar-refractivity contribution in [3.05, 3.63) is 23.9 Å². The van der Waals surface area contributed by atoms with Crippen molar-refractivity contribution in [1.29, 1.82) is 0 Å². The number of nitrogens with zero attached hydrogens (tertiary/aromatic N) is 1. The van der Waals surface area contributed by atoms with E-state index in [2.05, 4.69) is 10.3 Å². The third-order valence-electron chi connectivity index (χ3n) is 2.72. The molecule has 0 aliphatic carbocycles. The predicted molar refractivity (Wildman–Crippen MR) is 61.5 cm³/mol. The van der Waals surface area contributed by atoms with Crippen molar-refractivity contribution in [3.8, 4) is 5.88 Å². The van der Waals surface area contributed by atoms with Crippen LogP contribution in [-0.4, -0.2) is 31.3 Å². The molecule has 0 saturated carbocycles. The monoisotopic (exact) mass is 222 g/mol. The Labute approximate surface area is 96.0 Å². The van der Waals surface area contributed by atoms with Gasteiger partial charge in [0.15, 0.2) is 0 Å². The number of methoxy groups -OCH3 is 1. The predicted octanol–water partition coefficient (Wildman–Crippen LogP) is 1.36. The molecule has 1 fully saturated rings. The van der Waals surface area contributed by atoms with Crippen molar-refractivity contribution in [3.63, 3.8) is 0 Å². The number of nitrogens with one attached hydrogen (secondary N) is 1. The first-order valence-electron chi connectivity index (χ1n) is 5.69. The van der Waals surface area contributed by atoms with Gasteiger partial charge in [-0.15, -0.1) is 0 Å². The van der Waals surface area contributed by atoms with E-state index in [4.69, 9.17) is 9.47 Å². The lowest BCUT2D eigenvalue weighted by atomic mass is 10.2. The molecule has 2 heterocycles. The first kappa shape index (κ1) is 11.4. The van der Waals surface area contributed by atoms with E-state index in [-0.39, 0.29) is 0 Å². The molecule has 0 spiro atoms. The molecule has 0 bridgehead atoms. The van der Waals surface area contributed by atoms with Crippen LogP contribution in [0.5, 0.6) is 5.88 Å². The number of ether oxygens (including phenoxy) is 2. The van der Waals surface area contributed by atoms with Crippen molar-refractivity contribution in [2.75, 3.05) is 20.3 Å². The third kappa shape index (κ3) is 3.18. The summed E-state index contributed by atoms with van der Waals surface area (Å²) < 4.78 is 10.7. The topological polar surface area (TPSA) is 43.4 Å². The van der Waals surface area contributed by atoms with Crippen LogP contribution in [0.4, 0.5) is 0 Å².